The first-order valence-electron chi connectivity index (χ1n) is 7.03. The van der Waals surface area contributed by atoms with E-state index in [0.29, 0.717) is 30.3 Å². The van der Waals surface area contributed by atoms with Crippen LogP contribution in [-0.4, -0.2) is 36.2 Å². The molecule has 0 radical (unpaired) electrons. The Labute approximate surface area is 139 Å². The predicted octanol–water partition coefficient (Wildman–Crippen LogP) is 4.01. The fourth-order valence-electron chi connectivity index (χ4n) is 2.41. The lowest BCUT2D eigenvalue weighted by molar-refractivity contribution is -0.0735. The first-order valence-corrected chi connectivity index (χ1v) is 7.79. The van der Waals surface area contributed by atoms with E-state index < -0.39 is 11.9 Å². The smallest absolute Gasteiger partial charge is 0.318 e. The Morgan fingerprint density at radius 1 is 1.41 bits per heavy atom. The summed E-state index contributed by atoms with van der Waals surface area (Å²) in [6, 6.07) is 1.93. The number of nitrogens with one attached hydrogen (secondary N) is 1. The van der Waals surface area contributed by atoms with Gasteiger partial charge >= 0.3 is 6.03 Å². The zero-order valence-electron chi connectivity index (χ0n) is 12.8. The van der Waals surface area contributed by atoms with Crippen LogP contribution in [0.3, 0.4) is 0 Å². The lowest BCUT2D eigenvalue weighted by Gasteiger charge is -2.38. The molecule has 0 aliphatic carbocycles. The molecule has 1 N–H and O–H groups in total. The maximum Gasteiger partial charge on any atom is 0.318 e. The van der Waals surface area contributed by atoms with Crippen LogP contribution in [0.4, 0.5) is 9.18 Å². The molecule has 1 aliphatic heterocycles. The summed E-state index contributed by atoms with van der Waals surface area (Å²) in [4.78, 5) is 14.0. The summed E-state index contributed by atoms with van der Waals surface area (Å²) in [6.07, 6.45) is 0. The second-order valence-electron chi connectivity index (χ2n) is 5.99. The number of ether oxygens (including phenoxy) is 1. The number of carbonyl (C=O) groups excluding carboxylic acids is 1. The van der Waals surface area contributed by atoms with Crippen LogP contribution in [0.15, 0.2) is 12.1 Å². The van der Waals surface area contributed by atoms with Gasteiger partial charge in [0.05, 0.1) is 29.8 Å². The molecule has 1 unspecified atom stereocenters. The molecule has 1 aliphatic rings. The van der Waals surface area contributed by atoms with E-state index in [0.717, 1.165) is 0 Å². The molecule has 1 atom stereocenters. The van der Waals surface area contributed by atoms with Gasteiger partial charge in [0, 0.05) is 11.6 Å². The van der Waals surface area contributed by atoms with Crippen molar-refractivity contribution in [2.75, 3.05) is 19.7 Å². The van der Waals surface area contributed by atoms with Gasteiger partial charge in [-0.15, -0.1) is 0 Å². The van der Waals surface area contributed by atoms with Crippen LogP contribution in [0.5, 0.6) is 0 Å². The van der Waals surface area contributed by atoms with Crippen LogP contribution in [0.2, 0.25) is 10.0 Å². The van der Waals surface area contributed by atoms with Crippen molar-refractivity contribution in [1.29, 1.82) is 0 Å². The molecule has 1 saturated heterocycles. The molecule has 7 heteroatoms. The van der Waals surface area contributed by atoms with Crippen LogP contribution in [0.1, 0.15) is 32.4 Å². The highest BCUT2D eigenvalue weighted by Crippen LogP contribution is 2.29. The topological polar surface area (TPSA) is 41.6 Å². The number of nitrogens with zero attached hydrogens (tertiary/aromatic N) is 1. The third-order valence-corrected chi connectivity index (χ3v) is 4.18. The molecule has 0 saturated carbocycles. The number of urea groups is 1. The quantitative estimate of drug-likeness (QED) is 0.820. The van der Waals surface area contributed by atoms with Gasteiger partial charge in [-0.25, -0.2) is 9.18 Å². The zero-order valence-corrected chi connectivity index (χ0v) is 14.3. The Hall–Kier alpha value is -1.04. The highest BCUT2D eigenvalue weighted by atomic mass is 35.5. The van der Waals surface area contributed by atoms with Crippen molar-refractivity contribution >= 4 is 29.2 Å². The number of hydrogen-bond acceptors (Lipinski definition) is 2. The SMILES string of the molecule is CC(NC(=O)N1CCOC(C)(C)C1)c1cc(F)c(Cl)cc1Cl. The van der Waals surface area contributed by atoms with Gasteiger partial charge in [-0.3, -0.25) is 0 Å². The normalized spacial score (nSPS) is 18.9. The fourth-order valence-corrected chi connectivity index (χ4v) is 2.96. The molecular formula is C15H19Cl2FN2O2. The first kappa shape index (κ1) is 17.3. The minimum Gasteiger partial charge on any atom is -0.372 e. The number of rotatable bonds is 2. The lowest BCUT2D eigenvalue weighted by Crippen LogP contribution is -2.53. The van der Waals surface area contributed by atoms with Crippen molar-refractivity contribution in [3.05, 3.63) is 33.6 Å². The van der Waals surface area contributed by atoms with Gasteiger partial charge in [0.1, 0.15) is 5.82 Å². The number of hydrogen-bond donors (Lipinski definition) is 1. The Kier molecular flexibility index (Phi) is 5.20. The molecule has 0 bridgehead atoms. The molecule has 1 fully saturated rings. The van der Waals surface area contributed by atoms with Crippen molar-refractivity contribution < 1.29 is 13.9 Å². The largest absolute Gasteiger partial charge is 0.372 e. The molecule has 2 rings (SSSR count). The number of benzene rings is 1. The average molecular weight is 349 g/mol. The summed E-state index contributed by atoms with van der Waals surface area (Å²) in [5.74, 6) is -0.560. The summed E-state index contributed by atoms with van der Waals surface area (Å²) in [5, 5.41) is 3.11. The zero-order chi connectivity index (χ0) is 16.5. The lowest BCUT2D eigenvalue weighted by atomic mass is 10.1. The van der Waals surface area contributed by atoms with E-state index in [2.05, 4.69) is 5.32 Å². The van der Waals surface area contributed by atoms with E-state index in [1.807, 2.05) is 13.8 Å². The molecule has 4 nitrogen and oxygen atoms in total. The Morgan fingerprint density at radius 3 is 2.73 bits per heavy atom. The molecule has 2 amide bonds. The number of amides is 2. The Bertz CT molecular complexity index is 581. The molecular weight excluding hydrogens is 330 g/mol. The van der Waals surface area contributed by atoms with E-state index in [-0.39, 0.29) is 16.7 Å². The van der Waals surface area contributed by atoms with Crippen LogP contribution >= 0.6 is 23.2 Å². The van der Waals surface area contributed by atoms with Crippen LogP contribution in [-0.2, 0) is 4.74 Å². The van der Waals surface area contributed by atoms with Crippen molar-refractivity contribution in [2.24, 2.45) is 0 Å². The van der Waals surface area contributed by atoms with Crippen LogP contribution in [0, 0.1) is 5.82 Å². The molecule has 1 aromatic rings. The molecule has 1 aromatic carbocycles. The second-order valence-corrected chi connectivity index (χ2v) is 6.80. The van der Waals surface area contributed by atoms with Gasteiger partial charge in [-0.05, 0) is 38.5 Å². The minimum atomic E-state index is -0.560. The van der Waals surface area contributed by atoms with Gasteiger partial charge in [0.2, 0.25) is 0 Å². The molecule has 22 heavy (non-hydrogen) atoms. The standard InChI is InChI=1S/C15H19Cl2FN2O2/c1-9(10-6-13(18)12(17)7-11(10)16)19-14(21)20-4-5-22-15(2,3)8-20/h6-7,9H,4-5,8H2,1-3H3,(H,19,21). The fraction of sp³-hybridized carbons (Fsp3) is 0.533. The average Bonchev–Trinajstić information content (AvgIpc) is 2.41. The van der Waals surface area contributed by atoms with Gasteiger partial charge in [-0.1, -0.05) is 23.2 Å². The highest BCUT2D eigenvalue weighted by Gasteiger charge is 2.30. The van der Waals surface area contributed by atoms with Crippen molar-refractivity contribution in [2.45, 2.75) is 32.4 Å². The number of morpholine rings is 1. The first-order chi connectivity index (χ1) is 10.2. The maximum absolute atomic E-state index is 13.6. The van der Waals surface area contributed by atoms with Gasteiger partial charge in [-0.2, -0.15) is 0 Å². The second kappa shape index (κ2) is 6.60. The molecule has 122 valence electrons. The summed E-state index contributed by atoms with van der Waals surface area (Å²) in [6.45, 7) is 7.12. The summed E-state index contributed by atoms with van der Waals surface area (Å²) < 4.78 is 19.2. The maximum atomic E-state index is 13.6. The van der Waals surface area contributed by atoms with Crippen molar-refractivity contribution in [1.82, 2.24) is 10.2 Å². The predicted molar refractivity (Wildman–Crippen MR) is 85.0 cm³/mol. The molecule has 1 heterocycles. The molecule has 0 spiro atoms. The van der Waals surface area contributed by atoms with E-state index in [4.69, 9.17) is 27.9 Å². The minimum absolute atomic E-state index is 0.0396. The van der Waals surface area contributed by atoms with Crippen molar-refractivity contribution in [3.63, 3.8) is 0 Å². The van der Waals surface area contributed by atoms with Gasteiger partial charge in [0.15, 0.2) is 0 Å². The van der Waals surface area contributed by atoms with Gasteiger partial charge in [0.25, 0.3) is 0 Å². The van der Waals surface area contributed by atoms with Crippen molar-refractivity contribution in [3.8, 4) is 0 Å². The number of halogens is 3. The summed E-state index contributed by atoms with van der Waals surface area (Å²) in [5.41, 5.74) is 0.118. The summed E-state index contributed by atoms with van der Waals surface area (Å²) in [7, 11) is 0. The van der Waals surface area contributed by atoms with E-state index in [1.165, 1.54) is 12.1 Å². The van der Waals surface area contributed by atoms with E-state index >= 15 is 0 Å². The van der Waals surface area contributed by atoms with Crippen LogP contribution < -0.4 is 5.32 Å². The van der Waals surface area contributed by atoms with Gasteiger partial charge < -0.3 is 15.0 Å². The third kappa shape index (κ3) is 4.03. The highest BCUT2D eigenvalue weighted by molar-refractivity contribution is 6.35. The number of carbonyl (C=O) groups is 1. The Morgan fingerprint density at radius 2 is 2.09 bits per heavy atom. The summed E-state index contributed by atoms with van der Waals surface area (Å²) >= 11 is 11.8. The van der Waals surface area contributed by atoms with E-state index in [1.54, 1.807) is 11.8 Å². The third-order valence-electron chi connectivity index (χ3n) is 3.56. The van der Waals surface area contributed by atoms with Crippen LogP contribution in [0.25, 0.3) is 0 Å². The Balaban J connectivity index is 2.07. The monoisotopic (exact) mass is 348 g/mol. The van der Waals surface area contributed by atoms with E-state index in [9.17, 15) is 9.18 Å². The molecule has 0 aromatic heterocycles.